The number of hydrogen-bond donors (Lipinski definition) is 0. The zero-order valence-corrected chi connectivity index (χ0v) is 15.6. The zero-order chi connectivity index (χ0) is 14.8. The average Bonchev–Trinajstić information content (AvgIpc) is 2.67. The van der Waals surface area contributed by atoms with Gasteiger partial charge in [-0.1, -0.05) is 43.5 Å². The predicted molar refractivity (Wildman–Crippen MR) is 84.4 cm³/mol. The fraction of sp³-hybridized carbons (Fsp3) is 0.750. The Kier molecular flexibility index (Phi) is 6.21. The molecule has 0 aromatic rings. The molecule has 19 heavy (non-hydrogen) atoms. The first kappa shape index (κ1) is 17.8. The van der Waals surface area contributed by atoms with Crippen LogP contribution in [0.15, 0.2) is 10.0 Å². The van der Waals surface area contributed by atoms with E-state index in [1.807, 2.05) is 6.92 Å². The fourth-order valence-corrected chi connectivity index (χ4v) is 3.05. The Balaban J connectivity index is 3.04. The number of esters is 1. The molecular weight excluding hydrogens is 423 g/mol. The molecule has 0 aromatic carbocycles. The number of ether oxygens (including phenoxy) is 2. The summed E-state index contributed by atoms with van der Waals surface area (Å²) < 4.78 is 11.0. The lowest BCUT2D eigenvalue weighted by Crippen LogP contribution is -2.40. The van der Waals surface area contributed by atoms with Crippen LogP contribution in [0.1, 0.15) is 27.2 Å². The third-order valence-corrected chi connectivity index (χ3v) is 6.12. The summed E-state index contributed by atoms with van der Waals surface area (Å²) in [5.74, 6) is 0.0116. The molecule has 110 valence electrons. The van der Waals surface area contributed by atoms with Gasteiger partial charge >= 0.3 is 5.97 Å². The monoisotopic (exact) mass is 436 g/mol. The summed E-state index contributed by atoms with van der Waals surface area (Å²) in [6, 6.07) is 0. The van der Waals surface area contributed by atoms with Crippen LogP contribution in [0.4, 0.5) is 0 Å². The van der Waals surface area contributed by atoms with Crippen molar-refractivity contribution in [2.75, 3.05) is 5.88 Å². The van der Waals surface area contributed by atoms with Crippen molar-refractivity contribution in [1.82, 2.24) is 0 Å². The molecule has 4 atom stereocenters. The Hall–Kier alpha value is 0.710. The fourth-order valence-electron chi connectivity index (χ4n) is 1.97. The Morgan fingerprint density at radius 3 is 2.68 bits per heavy atom. The molecule has 0 aliphatic carbocycles. The van der Waals surface area contributed by atoms with Gasteiger partial charge in [-0.15, -0.1) is 11.6 Å². The first-order chi connectivity index (χ1) is 8.67. The van der Waals surface area contributed by atoms with Crippen LogP contribution in [0.25, 0.3) is 0 Å². The molecule has 1 heterocycles. The molecule has 1 rings (SSSR count). The lowest BCUT2D eigenvalue weighted by molar-refractivity contribution is -0.152. The Bertz CT molecular complexity index is 387. The van der Waals surface area contributed by atoms with Gasteiger partial charge in [0.1, 0.15) is 11.7 Å². The summed E-state index contributed by atoms with van der Waals surface area (Å²) in [7, 11) is 0. The van der Waals surface area contributed by atoms with Gasteiger partial charge in [0.2, 0.25) is 0 Å². The van der Waals surface area contributed by atoms with Crippen molar-refractivity contribution in [3.63, 3.8) is 0 Å². The third-order valence-electron chi connectivity index (χ3n) is 3.24. The van der Waals surface area contributed by atoms with Crippen molar-refractivity contribution in [3.8, 4) is 0 Å². The summed E-state index contributed by atoms with van der Waals surface area (Å²) in [5.41, 5.74) is -0.873. The van der Waals surface area contributed by atoms with E-state index in [0.29, 0.717) is 17.3 Å². The first-order valence-electron chi connectivity index (χ1n) is 5.73. The number of carbonyl (C=O) groups is 1. The van der Waals surface area contributed by atoms with Gasteiger partial charge < -0.3 is 9.47 Å². The predicted octanol–water partition coefficient (Wildman–Crippen LogP) is 4.33. The summed E-state index contributed by atoms with van der Waals surface area (Å²) in [6.07, 6.45) is -0.126. The first-order valence-corrected chi connectivity index (χ1v) is 8.35. The second-order valence-corrected chi connectivity index (χ2v) is 7.86. The van der Waals surface area contributed by atoms with Gasteiger partial charge in [0.05, 0.1) is 15.5 Å². The van der Waals surface area contributed by atoms with E-state index in [4.69, 9.17) is 32.7 Å². The highest BCUT2D eigenvalue weighted by Gasteiger charge is 2.53. The maximum absolute atomic E-state index is 11.2. The highest BCUT2D eigenvalue weighted by Crippen LogP contribution is 2.45. The molecule has 0 spiro atoms. The molecule has 1 unspecified atom stereocenters. The van der Waals surface area contributed by atoms with Gasteiger partial charge in [0.15, 0.2) is 0 Å². The van der Waals surface area contributed by atoms with Crippen molar-refractivity contribution in [1.29, 1.82) is 0 Å². The molecule has 0 bridgehead atoms. The molecule has 1 aliphatic rings. The molecule has 0 radical (unpaired) electrons. The Morgan fingerprint density at radius 2 is 2.26 bits per heavy atom. The van der Waals surface area contributed by atoms with E-state index >= 15 is 0 Å². The number of carbonyl (C=O) groups excluding carboxylic acids is 1. The molecule has 0 amide bonds. The van der Waals surface area contributed by atoms with E-state index in [1.165, 1.54) is 6.92 Å². The summed E-state index contributed by atoms with van der Waals surface area (Å²) in [4.78, 5) is 12.8. The van der Waals surface area contributed by atoms with Crippen LogP contribution in [-0.4, -0.2) is 34.0 Å². The van der Waals surface area contributed by atoms with Crippen LogP contribution in [0.2, 0.25) is 0 Å². The van der Waals surface area contributed by atoms with Gasteiger partial charge in [0, 0.05) is 19.2 Å². The van der Waals surface area contributed by atoms with Crippen molar-refractivity contribution in [2.45, 2.75) is 49.3 Å². The standard InChI is InChI=1S/C12H16Br2Cl2O3/c1-7(17)18-10-4-9(11(2,14)6-15)19-12(10,3)8(16)5-13/h5,9-10H,4,6H2,1-3H3/b8-5-/t9-,10-,11?,12-/m0/s1. The zero-order valence-electron chi connectivity index (χ0n) is 10.9. The topological polar surface area (TPSA) is 35.5 Å². The smallest absolute Gasteiger partial charge is 0.303 e. The Labute approximate surface area is 140 Å². The highest BCUT2D eigenvalue weighted by molar-refractivity contribution is 9.11. The van der Waals surface area contributed by atoms with Crippen LogP contribution in [-0.2, 0) is 14.3 Å². The molecule has 0 aromatic heterocycles. The van der Waals surface area contributed by atoms with Crippen LogP contribution in [0, 0.1) is 0 Å². The number of alkyl halides is 2. The Morgan fingerprint density at radius 1 is 1.68 bits per heavy atom. The van der Waals surface area contributed by atoms with E-state index in [1.54, 1.807) is 11.9 Å². The SMILES string of the molecule is CC(=O)O[C@H]1C[C@@H](C(C)(Br)CCl)O[C@@]1(C)/C(Cl)=C/Br. The highest BCUT2D eigenvalue weighted by atomic mass is 79.9. The lowest BCUT2D eigenvalue weighted by Gasteiger charge is -2.31. The molecule has 7 heteroatoms. The number of rotatable bonds is 4. The molecule has 0 N–H and O–H groups in total. The molecule has 1 saturated heterocycles. The maximum Gasteiger partial charge on any atom is 0.303 e. The van der Waals surface area contributed by atoms with Gasteiger partial charge in [-0.2, -0.15) is 0 Å². The quantitative estimate of drug-likeness (QED) is 0.484. The van der Waals surface area contributed by atoms with Crippen molar-refractivity contribution >= 4 is 61.0 Å². The summed E-state index contributed by atoms with van der Waals surface area (Å²) >= 11 is 18.9. The lowest BCUT2D eigenvalue weighted by atomic mass is 9.96. The number of hydrogen-bond acceptors (Lipinski definition) is 3. The van der Waals surface area contributed by atoms with Crippen molar-refractivity contribution < 1.29 is 14.3 Å². The van der Waals surface area contributed by atoms with Gasteiger partial charge in [-0.25, -0.2) is 0 Å². The van der Waals surface area contributed by atoms with Gasteiger partial charge in [-0.05, 0) is 18.8 Å². The molecule has 1 aliphatic heterocycles. The maximum atomic E-state index is 11.2. The minimum atomic E-state index is -0.873. The molecule has 1 fully saturated rings. The molecule has 3 nitrogen and oxygen atoms in total. The van der Waals surface area contributed by atoms with E-state index in [9.17, 15) is 4.79 Å². The van der Waals surface area contributed by atoms with Crippen molar-refractivity contribution in [3.05, 3.63) is 10.0 Å². The van der Waals surface area contributed by atoms with Crippen LogP contribution in [0.3, 0.4) is 0 Å². The molecular formula is C12H16Br2Cl2O3. The second-order valence-electron chi connectivity index (χ2n) is 4.92. The van der Waals surface area contributed by atoms with Crippen molar-refractivity contribution in [2.24, 2.45) is 0 Å². The summed E-state index contributed by atoms with van der Waals surface area (Å²) in [5, 5.41) is 0.444. The largest absolute Gasteiger partial charge is 0.459 e. The number of halogens is 4. The second kappa shape index (κ2) is 6.65. The van der Waals surface area contributed by atoms with E-state index in [2.05, 4.69) is 31.9 Å². The van der Waals surface area contributed by atoms with Crippen LogP contribution >= 0.6 is 55.1 Å². The van der Waals surface area contributed by atoms with E-state index < -0.39 is 16.0 Å². The minimum Gasteiger partial charge on any atom is -0.459 e. The van der Waals surface area contributed by atoms with E-state index in [-0.39, 0.29) is 12.1 Å². The minimum absolute atomic E-state index is 0.208. The van der Waals surface area contributed by atoms with E-state index in [0.717, 1.165) is 0 Å². The molecule has 0 saturated carbocycles. The van der Waals surface area contributed by atoms with Crippen LogP contribution in [0.5, 0.6) is 0 Å². The van der Waals surface area contributed by atoms with Gasteiger partial charge in [0.25, 0.3) is 0 Å². The van der Waals surface area contributed by atoms with Gasteiger partial charge in [-0.3, -0.25) is 4.79 Å². The summed E-state index contributed by atoms with van der Waals surface area (Å²) in [6.45, 7) is 5.11. The average molecular weight is 439 g/mol. The van der Waals surface area contributed by atoms with Crippen LogP contribution < -0.4 is 0 Å². The normalized spacial score (nSPS) is 35.0. The third kappa shape index (κ3) is 3.88.